The standard InChI is InChI=1S/C16H23BrFN/c1-2-11-4-3-5-13(8-11)16(19)9-12-6-7-14(17)10-15(12)18/h6-7,10-11,13,16H,2-5,8-9,19H2,1H3. The summed E-state index contributed by atoms with van der Waals surface area (Å²) in [6.45, 7) is 2.26. The molecule has 1 saturated carbocycles. The summed E-state index contributed by atoms with van der Waals surface area (Å²) in [7, 11) is 0. The lowest BCUT2D eigenvalue weighted by Gasteiger charge is -2.32. The van der Waals surface area contributed by atoms with E-state index < -0.39 is 0 Å². The molecule has 1 nitrogen and oxygen atoms in total. The van der Waals surface area contributed by atoms with Crippen molar-refractivity contribution < 1.29 is 4.39 Å². The number of hydrogen-bond donors (Lipinski definition) is 1. The van der Waals surface area contributed by atoms with Crippen LogP contribution < -0.4 is 5.73 Å². The van der Waals surface area contributed by atoms with E-state index in [1.54, 1.807) is 0 Å². The molecule has 1 aliphatic carbocycles. The number of nitrogens with two attached hydrogens (primary N) is 1. The molecule has 3 atom stereocenters. The van der Waals surface area contributed by atoms with E-state index in [0.717, 1.165) is 16.0 Å². The van der Waals surface area contributed by atoms with Gasteiger partial charge < -0.3 is 5.73 Å². The van der Waals surface area contributed by atoms with Crippen LogP contribution in [0.25, 0.3) is 0 Å². The zero-order valence-electron chi connectivity index (χ0n) is 11.5. The number of rotatable bonds is 4. The van der Waals surface area contributed by atoms with Crippen LogP contribution in [0.5, 0.6) is 0 Å². The van der Waals surface area contributed by atoms with Crippen LogP contribution in [0.15, 0.2) is 22.7 Å². The summed E-state index contributed by atoms with van der Waals surface area (Å²) in [5, 5.41) is 0. The van der Waals surface area contributed by atoms with Gasteiger partial charge in [0.05, 0.1) is 0 Å². The molecule has 1 aromatic rings. The molecule has 0 aromatic heterocycles. The van der Waals surface area contributed by atoms with Crippen LogP contribution in [0.3, 0.4) is 0 Å². The Hall–Kier alpha value is -0.410. The predicted molar refractivity (Wildman–Crippen MR) is 81.5 cm³/mol. The van der Waals surface area contributed by atoms with Crippen LogP contribution in [-0.4, -0.2) is 6.04 Å². The molecule has 1 aromatic carbocycles. The lowest BCUT2D eigenvalue weighted by Crippen LogP contribution is -2.35. The summed E-state index contributed by atoms with van der Waals surface area (Å²) in [5.74, 6) is 1.23. The lowest BCUT2D eigenvalue weighted by molar-refractivity contribution is 0.228. The van der Waals surface area contributed by atoms with Gasteiger partial charge in [0.2, 0.25) is 0 Å². The van der Waals surface area contributed by atoms with Crippen LogP contribution in [-0.2, 0) is 6.42 Å². The summed E-state index contributed by atoms with van der Waals surface area (Å²) < 4.78 is 14.6. The lowest BCUT2D eigenvalue weighted by atomic mass is 9.76. The van der Waals surface area contributed by atoms with Gasteiger partial charge in [0, 0.05) is 10.5 Å². The van der Waals surface area contributed by atoms with Crippen LogP contribution >= 0.6 is 15.9 Å². The van der Waals surface area contributed by atoms with Gasteiger partial charge in [-0.3, -0.25) is 0 Å². The minimum atomic E-state index is -0.146. The van der Waals surface area contributed by atoms with Crippen LogP contribution in [0, 0.1) is 17.7 Å². The predicted octanol–water partition coefficient (Wildman–Crippen LogP) is 4.67. The first kappa shape index (κ1) is 15.0. The fraction of sp³-hybridized carbons (Fsp3) is 0.625. The van der Waals surface area contributed by atoms with Gasteiger partial charge in [-0.15, -0.1) is 0 Å². The minimum Gasteiger partial charge on any atom is -0.327 e. The van der Waals surface area contributed by atoms with E-state index in [1.807, 2.05) is 12.1 Å². The van der Waals surface area contributed by atoms with Crippen molar-refractivity contribution in [2.75, 3.05) is 0 Å². The molecule has 106 valence electrons. The molecular weight excluding hydrogens is 305 g/mol. The summed E-state index contributed by atoms with van der Waals surface area (Å²) in [5.41, 5.74) is 7.07. The second kappa shape index (κ2) is 6.85. The van der Waals surface area contributed by atoms with E-state index in [4.69, 9.17) is 5.73 Å². The van der Waals surface area contributed by atoms with Crippen molar-refractivity contribution in [3.8, 4) is 0 Å². The molecule has 2 N–H and O–H groups in total. The van der Waals surface area contributed by atoms with E-state index in [9.17, 15) is 4.39 Å². The van der Waals surface area contributed by atoms with Gasteiger partial charge in [0.25, 0.3) is 0 Å². The highest BCUT2D eigenvalue weighted by Gasteiger charge is 2.26. The summed E-state index contributed by atoms with van der Waals surface area (Å²) in [6.07, 6.45) is 6.94. The zero-order valence-corrected chi connectivity index (χ0v) is 13.1. The Balaban J connectivity index is 1.98. The minimum absolute atomic E-state index is 0.0880. The number of halogens is 2. The third-order valence-electron chi connectivity index (χ3n) is 4.48. The SMILES string of the molecule is CCC1CCCC(C(N)Cc2ccc(Br)cc2F)C1. The van der Waals surface area contributed by atoms with Gasteiger partial charge in [-0.25, -0.2) is 4.39 Å². The molecular formula is C16H23BrFN. The smallest absolute Gasteiger partial charge is 0.127 e. The first-order valence-corrected chi connectivity index (χ1v) is 8.09. The van der Waals surface area contributed by atoms with Crippen molar-refractivity contribution in [2.24, 2.45) is 17.6 Å². The molecule has 0 spiro atoms. The normalized spacial score (nSPS) is 25.3. The molecule has 1 aliphatic rings. The van der Waals surface area contributed by atoms with Crippen LogP contribution in [0.1, 0.15) is 44.6 Å². The Morgan fingerprint density at radius 3 is 2.89 bits per heavy atom. The molecule has 0 saturated heterocycles. The third kappa shape index (κ3) is 4.03. The highest BCUT2D eigenvalue weighted by Crippen LogP contribution is 2.33. The van der Waals surface area contributed by atoms with E-state index in [1.165, 1.54) is 38.2 Å². The van der Waals surface area contributed by atoms with Gasteiger partial charge >= 0.3 is 0 Å². The van der Waals surface area contributed by atoms with Crippen molar-refractivity contribution >= 4 is 15.9 Å². The average molecular weight is 328 g/mol. The van der Waals surface area contributed by atoms with E-state index in [2.05, 4.69) is 22.9 Å². The first-order valence-electron chi connectivity index (χ1n) is 7.29. The summed E-state index contributed by atoms with van der Waals surface area (Å²) in [4.78, 5) is 0. The van der Waals surface area contributed by atoms with Crippen molar-refractivity contribution in [1.29, 1.82) is 0 Å². The fourth-order valence-corrected chi connectivity index (χ4v) is 3.53. The highest BCUT2D eigenvalue weighted by atomic mass is 79.9. The topological polar surface area (TPSA) is 26.0 Å². The number of benzene rings is 1. The maximum absolute atomic E-state index is 13.8. The zero-order chi connectivity index (χ0) is 13.8. The maximum atomic E-state index is 13.8. The Labute approximate surface area is 123 Å². The van der Waals surface area contributed by atoms with Crippen molar-refractivity contribution in [1.82, 2.24) is 0 Å². The molecule has 19 heavy (non-hydrogen) atoms. The third-order valence-corrected chi connectivity index (χ3v) is 4.97. The van der Waals surface area contributed by atoms with Gasteiger partial charge in [0.15, 0.2) is 0 Å². The van der Waals surface area contributed by atoms with Gasteiger partial charge in [-0.05, 0) is 48.8 Å². The monoisotopic (exact) mass is 327 g/mol. The van der Waals surface area contributed by atoms with E-state index in [-0.39, 0.29) is 11.9 Å². The molecule has 3 heteroatoms. The second-order valence-electron chi connectivity index (χ2n) is 5.80. The second-order valence-corrected chi connectivity index (χ2v) is 6.72. The van der Waals surface area contributed by atoms with Crippen molar-refractivity contribution in [3.63, 3.8) is 0 Å². The average Bonchev–Trinajstić information content (AvgIpc) is 2.42. The Morgan fingerprint density at radius 1 is 1.42 bits per heavy atom. The van der Waals surface area contributed by atoms with Crippen LogP contribution in [0.4, 0.5) is 4.39 Å². The Bertz CT molecular complexity index is 421. The first-order chi connectivity index (χ1) is 9.10. The van der Waals surface area contributed by atoms with Crippen molar-refractivity contribution in [3.05, 3.63) is 34.1 Å². The molecule has 0 radical (unpaired) electrons. The molecule has 0 heterocycles. The quantitative estimate of drug-likeness (QED) is 0.854. The highest BCUT2D eigenvalue weighted by molar-refractivity contribution is 9.10. The molecule has 0 aliphatic heterocycles. The van der Waals surface area contributed by atoms with E-state index in [0.29, 0.717) is 12.3 Å². The molecule has 0 bridgehead atoms. The largest absolute Gasteiger partial charge is 0.327 e. The molecule has 1 fully saturated rings. The number of hydrogen-bond acceptors (Lipinski definition) is 1. The maximum Gasteiger partial charge on any atom is 0.127 e. The molecule has 2 rings (SSSR count). The Morgan fingerprint density at radius 2 is 2.21 bits per heavy atom. The summed E-state index contributed by atoms with van der Waals surface area (Å²) in [6, 6.07) is 5.35. The molecule has 3 unspecified atom stereocenters. The van der Waals surface area contributed by atoms with E-state index >= 15 is 0 Å². The van der Waals surface area contributed by atoms with Gasteiger partial charge in [-0.1, -0.05) is 48.2 Å². The van der Waals surface area contributed by atoms with Crippen molar-refractivity contribution in [2.45, 2.75) is 51.5 Å². The van der Waals surface area contributed by atoms with Gasteiger partial charge in [-0.2, -0.15) is 0 Å². The van der Waals surface area contributed by atoms with Gasteiger partial charge in [0.1, 0.15) is 5.82 Å². The Kier molecular flexibility index (Phi) is 5.40. The van der Waals surface area contributed by atoms with Crippen LogP contribution in [0.2, 0.25) is 0 Å². The molecule has 0 amide bonds. The fourth-order valence-electron chi connectivity index (χ4n) is 3.20. The summed E-state index contributed by atoms with van der Waals surface area (Å²) >= 11 is 3.29.